The predicted molar refractivity (Wildman–Crippen MR) is 71.7 cm³/mol. The van der Waals surface area contributed by atoms with Crippen LogP contribution in [0.2, 0.25) is 0 Å². The molecule has 0 bridgehead atoms. The van der Waals surface area contributed by atoms with Crippen molar-refractivity contribution in [1.82, 2.24) is 10.2 Å². The lowest BCUT2D eigenvalue weighted by Gasteiger charge is -2.42. The Morgan fingerprint density at radius 1 is 1.41 bits per heavy atom. The predicted octanol–water partition coefficient (Wildman–Crippen LogP) is 2.39. The van der Waals surface area contributed by atoms with Gasteiger partial charge in [0.1, 0.15) is 5.54 Å². The summed E-state index contributed by atoms with van der Waals surface area (Å²) in [5.74, 6) is 0.660. The van der Waals surface area contributed by atoms with Crippen LogP contribution in [0, 0.1) is 17.2 Å². The zero-order valence-corrected chi connectivity index (χ0v) is 12.0. The summed E-state index contributed by atoms with van der Waals surface area (Å²) < 4.78 is 0. The molecule has 0 aromatic carbocycles. The third-order valence-electron chi connectivity index (χ3n) is 4.60. The quantitative estimate of drug-likeness (QED) is 0.816. The largest absolute Gasteiger partial charge is 0.302 e. The number of nitrogens with zero attached hydrogens (tertiary/aromatic N) is 2. The van der Waals surface area contributed by atoms with Gasteiger partial charge < -0.3 is 10.2 Å². The summed E-state index contributed by atoms with van der Waals surface area (Å²) in [6.45, 7) is 6.81. The number of hydrogen-bond acceptors (Lipinski definition) is 3. The minimum Gasteiger partial charge on any atom is -0.302 e. The summed E-state index contributed by atoms with van der Waals surface area (Å²) in [4.78, 5) is 2.47. The second-order valence-electron chi connectivity index (χ2n) is 5.84. The molecule has 3 nitrogen and oxygen atoms in total. The maximum Gasteiger partial charge on any atom is 0.108 e. The first-order chi connectivity index (χ1) is 7.95. The molecule has 0 radical (unpaired) electrons. The van der Waals surface area contributed by atoms with E-state index in [2.05, 4.69) is 44.1 Å². The summed E-state index contributed by atoms with van der Waals surface area (Å²) in [7, 11) is 4.12. The van der Waals surface area contributed by atoms with Crippen molar-refractivity contribution >= 4 is 0 Å². The summed E-state index contributed by atoms with van der Waals surface area (Å²) in [6.07, 6.45) is 4.31. The third-order valence-corrected chi connectivity index (χ3v) is 4.60. The van der Waals surface area contributed by atoms with Crippen LogP contribution in [-0.2, 0) is 0 Å². The van der Waals surface area contributed by atoms with E-state index in [4.69, 9.17) is 0 Å². The number of rotatable bonds is 4. The van der Waals surface area contributed by atoms with Gasteiger partial charge in [-0.3, -0.25) is 0 Å². The van der Waals surface area contributed by atoms with Crippen LogP contribution in [-0.4, -0.2) is 36.6 Å². The molecule has 0 heterocycles. The number of nitriles is 1. The van der Waals surface area contributed by atoms with Gasteiger partial charge in [-0.05, 0) is 52.6 Å². The summed E-state index contributed by atoms with van der Waals surface area (Å²) in [5, 5.41) is 12.6. The van der Waals surface area contributed by atoms with Gasteiger partial charge in [0.25, 0.3) is 0 Å². The lowest BCUT2D eigenvalue weighted by molar-refractivity contribution is 0.0942. The smallest absolute Gasteiger partial charge is 0.108 e. The van der Waals surface area contributed by atoms with E-state index < -0.39 is 0 Å². The van der Waals surface area contributed by atoms with Crippen molar-refractivity contribution < 1.29 is 0 Å². The first kappa shape index (κ1) is 14.5. The fourth-order valence-corrected chi connectivity index (χ4v) is 2.78. The van der Waals surface area contributed by atoms with Crippen LogP contribution in [0.1, 0.15) is 46.5 Å². The molecule has 1 N–H and O–H groups in total. The molecule has 3 heteroatoms. The van der Waals surface area contributed by atoms with E-state index in [1.165, 1.54) is 6.42 Å². The Morgan fingerprint density at radius 3 is 2.53 bits per heavy atom. The average Bonchev–Trinajstić information content (AvgIpc) is 2.36. The summed E-state index contributed by atoms with van der Waals surface area (Å²) >= 11 is 0. The first-order valence-electron chi connectivity index (χ1n) is 6.78. The molecular weight excluding hydrogens is 210 g/mol. The van der Waals surface area contributed by atoms with Gasteiger partial charge in [-0.1, -0.05) is 13.8 Å². The molecule has 0 aliphatic heterocycles. The molecule has 0 saturated heterocycles. The normalized spacial score (nSPS) is 31.5. The molecule has 3 unspecified atom stereocenters. The molecule has 0 aromatic heterocycles. The molecule has 1 fully saturated rings. The van der Waals surface area contributed by atoms with Crippen molar-refractivity contribution in [2.75, 3.05) is 14.1 Å². The van der Waals surface area contributed by atoms with Gasteiger partial charge in [0.2, 0.25) is 0 Å². The molecule has 1 aliphatic carbocycles. The molecule has 1 saturated carbocycles. The van der Waals surface area contributed by atoms with E-state index in [-0.39, 0.29) is 5.54 Å². The Hall–Kier alpha value is -0.590. The van der Waals surface area contributed by atoms with E-state index >= 15 is 0 Å². The Balaban J connectivity index is 2.70. The number of nitrogens with one attached hydrogen (secondary N) is 1. The fourth-order valence-electron chi connectivity index (χ4n) is 2.78. The van der Waals surface area contributed by atoms with Crippen molar-refractivity contribution in [1.29, 1.82) is 5.26 Å². The van der Waals surface area contributed by atoms with Crippen LogP contribution >= 0.6 is 0 Å². The monoisotopic (exact) mass is 237 g/mol. The van der Waals surface area contributed by atoms with Gasteiger partial charge >= 0.3 is 0 Å². The van der Waals surface area contributed by atoms with Gasteiger partial charge in [-0.25, -0.2) is 0 Å². The van der Waals surface area contributed by atoms with Crippen molar-refractivity contribution in [2.45, 2.75) is 64.1 Å². The topological polar surface area (TPSA) is 39.1 Å². The Labute approximate surface area is 106 Å². The van der Waals surface area contributed by atoms with Crippen molar-refractivity contribution in [3.8, 4) is 6.07 Å². The van der Waals surface area contributed by atoms with Crippen LogP contribution in [0.15, 0.2) is 0 Å². The average molecular weight is 237 g/mol. The second kappa shape index (κ2) is 5.84. The minimum absolute atomic E-state index is 0.298. The molecule has 1 rings (SSSR count). The molecule has 3 atom stereocenters. The molecule has 17 heavy (non-hydrogen) atoms. The zero-order chi connectivity index (χ0) is 13.1. The van der Waals surface area contributed by atoms with Gasteiger partial charge in [0, 0.05) is 12.1 Å². The van der Waals surface area contributed by atoms with Gasteiger partial charge in [0.15, 0.2) is 0 Å². The second-order valence-corrected chi connectivity index (χ2v) is 5.84. The maximum atomic E-state index is 9.36. The summed E-state index contributed by atoms with van der Waals surface area (Å²) in [5.41, 5.74) is -0.298. The van der Waals surface area contributed by atoms with E-state index in [9.17, 15) is 5.26 Å². The van der Waals surface area contributed by atoms with Crippen molar-refractivity contribution in [3.63, 3.8) is 0 Å². The molecule has 0 spiro atoms. The van der Waals surface area contributed by atoms with Gasteiger partial charge in [-0.15, -0.1) is 0 Å². The Kier molecular flexibility index (Phi) is 4.97. The van der Waals surface area contributed by atoms with E-state index in [0.717, 1.165) is 19.3 Å². The molecular formula is C14H27N3. The number of hydrogen-bond donors (Lipinski definition) is 1. The SMILES string of the molecule is CNC1(C#N)CCCC(N(C)C(C)C(C)C)C1. The van der Waals surface area contributed by atoms with E-state index in [1.54, 1.807) is 0 Å². The van der Waals surface area contributed by atoms with E-state index in [0.29, 0.717) is 18.0 Å². The van der Waals surface area contributed by atoms with Gasteiger partial charge in [-0.2, -0.15) is 5.26 Å². The fraction of sp³-hybridized carbons (Fsp3) is 0.929. The lowest BCUT2D eigenvalue weighted by atomic mass is 9.79. The Bertz CT molecular complexity index is 282. The van der Waals surface area contributed by atoms with Crippen molar-refractivity contribution in [3.05, 3.63) is 0 Å². The van der Waals surface area contributed by atoms with Crippen LogP contribution in [0.4, 0.5) is 0 Å². The highest BCUT2D eigenvalue weighted by molar-refractivity contribution is 5.10. The van der Waals surface area contributed by atoms with Gasteiger partial charge in [0.05, 0.1) is 6.07 Å². The van der Waals surface area contributed by atoms with Crippen LogP contribution in [0.25, 0.3) is 0 Å². The van der Waals surface area contributed by atoms with Crippen LogP contribution < -0.4 is 5.32 Å². The third kappa shape index (κ3) is 3.20. The molecule has 0 amide bonds. The molecule has 1 aliphatic rings. The van der Waals surface area contributed by atoms with Crippen LogP contribution in [0.5, 0.6) is 0 Å². The summed E-state index contributed by atoms with van der Waals surface area (Å²) in [6, 6.07) is 3.59. The first-order valence-corrected chi connectivity index (χ1v) is 6.78. The minimum atomic E-state index is -0.298. The zero-order valence-electron chi connectivity index (χ0n) is 12.0. The van der Waals surface area contributed by atoms with Crippen molar-refractivity contribution in [2.24, 2.45) is 5.92 Å². The maximum absolute atomic E-state index is 9.36. The van der Waals surface area contributed by atoms with E-state index in [1.807, 2.05) is 7.05 Å². The lowest BCUT2D eigenvalue weighted by Crippen LogP contribution is -2.53. The molecule has 0 aromatic rings. The highest BCUT2D eigenvalue weighted by Gasteiger charge is 2.37. The highest BCUT2D eigenvalue weighted by atomic mass is 15.2. The highest BCUT2D eigenvalue weighted by Crippen LogP contribution is 2.31. The Morgan fingerprint density at radius 2 is 2.06 bits per heavy atom. The standard InChI is InChI=1S/C14H27N3/c1-11(2)12(3)17(5)13-7-6-8-14(9-13,10-15)16-4/h11-13,16H,6-9H2,1-5H3. The van der Waals surface area contributed by atoms with Crippen LogP contribution in [0.3, 0.4) is 0 Å². The molecule has 98 valence electrons.